The van der Waals surface area contributed by atoms with E-state index in [2.05, 4.69) is 10.3 Å². The van der Waals surface area contributed by atoms with Crippen LogP contribution in [0.25, 0.3) is 0 Å². The quantitative estimate of drug-likeness (QED) is 0.761. The molecule has 5 nitrogen and oxygen atoms in total. The van der Waals surface area contributed by atoms with E-state index in [9.17, 15) is 9.59 Å². The van der Waals surface area contributed by atoms with Crippen LogP contribution in [-0.4, -0.2) is 28.7 Å². The summed E-state index contributed by atoms with van der Waals surface area (Å²) in [5.41, 5.74) is 3.37. The molecule has 0 radical (unpaired) electrons. The van der Waals surface area contributed by atoms with E-state index in [0.717, 1.165) is 22.6 Å². The van der Waals surface area contributed by atoms with E-state index in [-0.39, 0.29) is 18.1 Å². The maximum Gasteiger partial charge on any atom is 0.240 e. The second kappa shape index (κ2) is 8.39. The van der Waals surface area contributed by atoms with Gasteiger partial charge >= 0.3 is 0 Å². The molecule has 1 N–H and O–H groups in total. The molecular formula is C21H22N2O3S. The standard InChI is InChI=1S/C21H22N2O3S/c1-4-26-16-9-7-15(8-10-16)22-21-23-20(25)19(27-21)12-18(24)17-11-13(2)5-6-14(17)3/h5-11,19H,4,12H2,1-3H3,(H,22,23,25). The van der Waals surface area contributed by atoms with Crippen LogP contribution in [0.2, 0.25) is 0 Å². The molecule has 1 aliphatic heterocycles. The van der Waals surface area contributed by atoms with Crippen molar-refractivity contribution >= 4 is 34.3 Å². The largest absolute Gasteiger partial charge is 0.494 e. The topological polar surface area (TPSA) is 67.8 Å². The molecule has 0 saturated carbocycles. The summed E-state index contributed by atoms with van der Waals surface area (Å²) in [5, 5.41) is 2.82. The molecule has 0 aliphatic carbocycles. The van der Waals surface area contributed by atoms with Crippen LogP contribution in [0, 0.1) is 13.8 Å². The number of Topliss-reactive ketones (excluding diaryl/α,β-unsaturated/α-hetero) is 1. The number of aryl methyl sites for hydroxylation is 2. The van der Waals surface area contributed by atoms with Gasteiger partial charge in [0.15, 0.2) is 11.0 Å². The van der Waals surface area contributed by atoms with E-state index in [4.69, 9.17) is 4.74 Å². The zero-order valence-corrected chi connectivity index (χ0v) is 16.4. The van der Waals surface area contributed by atoms with E-state index >= 15 is 0 Å². The highest BCUT2D eigenvalue weighted by Gasteiger charge is 2.32. The Labute approximate surface area is 163 Å². The molecule has 1 unspecified atom stereocenters. The van der Waals surface area contributed by atoms with Crippen LogP contribution in [0.15, 0.2) is 47.5 Å². The summed E-state index contributed by atoms with van der Waals surface area (Å²) in [5.74, 6) is 0.580. The van der Waals surface area contributed by atoms with E-state index in [1.165, 1.54) is 11.8 Å². The highest BCUT2D eigenvalue weighted by atomic mass is 32.2. The molecule has 27 heavy (non-hydrogen) atoms. The number of carbonyl (C=O) groups is 2. The number of nitrogens with one attached hydrogen (secondary N) is 1. The lowest BCUT2D eigenvalue weighted by Gasteiger charge is -2.08. The Hall–Kier alpha value is -2.60. The second-order valence-electron chi connectivity index (χ2n) is 6.39. The molecular weight excluding hydrogens is 360 g/mol. The number of rotatable bonds is 6. The Morgan fingerprint density at radius 2 is 1.93 bits per heavy atom. The molecule has 1 atom stereocenters. The highest BCUT2D eigenvalue weighted by molar-refractivity contribution is 8.15. The Morgan fingerprint density at radius 3 is 2.63 bits per heavy atom. The van der Waals surface area contributed by atoms with Gasteiger partial charge in [0.2, 0.25) is 5.91 Å². The number of carbonyl (C=O) groups excluding carboxylic acids is 2. The summed E-state index contributed by atoms with van der Waals surface area (Å²) in [6.45, 7) is 6.40. The van der Waals surface area contributed by atoms with Gasteiger partial charge in [-0.3, -0.25) is 9.59 Å². The molecule has 1 heterocycles. The number of nitrogens with zero attached hydrogens (tertiary/aromatic N) is 1. The van der Waals surface area contributed by atoms with Crippen LogP contribution in [0.5, 0.6) is 5.75 Å². The van der Waals surface area contributed by atoms with Crippen LogP contribution in [0.1, 0.15) is 34.8 Å². The van der Waals surface area contributed by atoms with Gasteiger partial charge in [-0.15, -0.1) is 0 Å². The molecule has 0 aromatic heterocycles. The molecule has 2 aromatic rings. The molecule has 1 aliphatic rings. The number of amides is 1. The summed E-state index contributed by atoms with van der Waals surface area (Å²) >= 11 is 1.30. The maximum absolute atomic E-state index is 12.6. The number of ketones is 1. The van der Waals surface area contributed by atoms with E-state index < -0.39 is 5.25 Å². The van der Waals surface area contributed by atoms with Crippen molar-refractivity contribution in [2.45, 2.75) is 32.4 Å². The molecule has 0 bridgehead atoms. The average molecular weight is 382 g/mol. The number of thioether (sulfide) groups is 1. The lowest BCUT2D eigenvalue weighted by Crippen LogP contribution is -2.26. The first-order valence-corrected chi connectivity index (χ1v) is 9.73. The van der Waals surface area contributed by atoms with Gasteiger partial charge in [-0.1, -0.05) is 29.5 Å². The van der Waals surface area contributed by atoms with Crippen molar-refractivity contribution in [2.24, 2.45) is 4.99 Å². The number of hydrogen-bond acceptors (Lipinski definition) is 5. The number of hydrogen-bond donors (Lipinski definition) is 1. The second-order valence-corrected chi connectivity index (χ2v) is 7.58. The number of aliphatic imine (C=N–C) groups is 1. The minimum Gasteiger partial charge on any atom is -0.494 e. The van der Waals surface area contributed by atoms with E-state index in [1.807, 2.05) is 63.2 Å². The SMILES string of the molecule is CCOc1ccc(N=C2NC(=O)C(CC(=O)c3cc(C)ccc3C)S2)cc1. The van der Waals surface area contributed by atoms with Crippen molar-refractivity contribution in [1.82, 2.24) is 5.32 Å². The first kappa shape index (κ1) is 19.2. The van der Waals surface area contributed by atoms with Crippen LogP contribution in [-0.2, 0) is 4.79 Å². The van der Waals surface area contributed by atoms with E-state index in [1.54, 1.807) is 0 Å². The van der Waals surface area contributed by atoms with Crippen LogP contribution < -0.4 is 10.1 Å². The Morgan fingerprint density at radius 1 is 1.19 bits per heavy atom. The minimum absolute atomic E-state index is 0.0221. The van der Waals surface area contributed by atoms with Gasteiger partial charge in [0.05, 0.1) is 17.5 Å². The summed E-state index contributed by atoms with van der Waals surface area (Å²) in [4.78, 5) is 29.3. The maximum atomic E-state index is 12.6. The fourth-order valence-corrected chi connectivity index (χ4v) is 3.80. The normalized spacial score (nSPS) is 17.8. The van der Waals surface area contributed by atoms with Crippen molar-refractivity contribution in [2.75, 3.05) is 6.61 Å². The zero-order chi connectivity index (χ0) is 19.4. The third kappa shape index (κ3) is 4.77. The lowest BCUT2D eigenvalue weighted by molar-refractivity contribution is -0.118. The van der Waals surface area contributed by atoms with Gasteiger partial charge < -0.3 is 10.1 Å². The minimum atomic E-state index is -0.459. The molecule has 0 spiro atoms. The highest BCUT2D eigenvalue weighted by Crippen LogP contribution is 2.27. The predicted molar refractivity (Wildman–Crippen MR) is 109 cm³/mol. The summed E-state index contributed by atoms with van der Waals surface area (Å²) in [7, 11) is 0. The monoisotopic (exact) mass is 382 g/mol. The van der Waals surface area contributed by atoms with Gasteiger partial charge in [0.25, 0.3) is 0 Å². The van der Waals surface area contributed by atoms with Gasteiger partial charge in [-0.2, -0.15) is 0 Å². The Kier molecular flexibility index (Phi) is 5.96. The smallest absolute Gasteiger partial charge is 0.240 e. The molecule has 3 rings (SSSR count). The number of amidine groups is 1. The Bertz CT molecular complexity index is 891. The molecule has 2 aromatic carbocycles. The van der Waals surface area contributed by atoms with Crippen LogP contribution >= 0.6 is 11.8 Å². The third-order valence-electron chi connectivity index (χ3n) is 4.22. The van der Waals surface area contributed by atoms with Crippen molar-refractivity contribution in [3.05, 3.63) is 59.2 Å². The zero-order valence-electron chi connectivity index (χ0n) is 15.6. The number of ether oxygens (including phenoxy) is 1. The van der Waals surface area contributed by atoms with Crippen LogP contribution in [0.4, 0.5) is 5.69 Å². The molecule has 1 amide bonds. The summed E-state index contributed by atoms with van der Waals surface area (Å²) < 4.78 is 5.41. The van der Waals surface area contributed by atoms with Crippen molar-refractivity contribution < 1.29 is 14.3 Å². The van der Waals surface area contributed by atoms with E-state index in [0.29, 0.717) is 17.3 Å². The van der Waals surface area contributed by atoms with Gasteiger partial charge in [0, 0.05) is 12.0 Å². The molecule has 1 saturated heterocycles. The third-order valence-corrected chi connectivity index (χ3v) is 5.30. The lowest BCUT2D eigenvalue weighted by atomic mass is 9.99. The molecule has 1 fully saturated rings. The van der Waals surface area contributed by atoms with Crippen molar-refractivity contribution in [1.29, 1.82) is 0 Å². The molecule has 6 heteroatoms. The van der Waals surface area contributed by atoms with Crippen molar-refractivity contribution in [3.63, 3.8) is 0 Å². The molecule has 140 valence electrons. The van der Waals surface area contributed by atoms with Gasteiger partial charge in [-0.25, -0.2) is 4.99 Å². The predicted octanol–water partition coefficient (Wildman–Crippen LogP) is 4.19. The fraction of sp³-hybridized carbons (Fsp3) is 0.286. The van der Waals surface area contributed by atoms with Crippen molar-refractivity contribution in [3.8, 4) is 5.75 Å². The van der Waals surface area contributed by atoms with Gasteiger partial charge in [-0.05, 0) is 56.7 Å². The first-order chi connectivity index (χ1) is 13.0. The average Bonchev–Trinajstić information content (AvgIpc) is 2.98. The first-order valence-electron chi connectivity index (χ1n) is 8.86. The fourth-order valence-electron chi connectivity index (χ4n) is 2.81. The van der Waals surface area contributed by atoms with Gasteiger partial charge in [0.1, 0.15) is 5.75 Å². The van der Waals surface area contributed by atoms with Crippen LogP contribution in [0.3, 0.4) is 0 Å². The summed E-state index contributed by atoms with van der Waals surface area (Å²) in [6, 6.07) is 13.1. The number of benzene rings is 2. The Balaban J connectivity index is 1.68. The summed E-state index contributed by atoms with van der Waals surface area (Å²) in [6.07, 6.45) is 0.156.